The molecule has 1 aliphatic heterocycles. The molecule has 1 heterocycles. The van der Waals surface area contributed by atoms with Gasteiger partial charge in [0.25, 0.3) is 0 Å². The van der Waals surface area contributed by atoms with Crippen LogP contribution in [0, 0.1) is 11.8 Å². The van der Waals surface area contributed by atoms with Crippen molar-refractivity contribution in [3.63, 3.8) is 0 Å². The fourth-order valence-corrected chi connectivity index (χ4v) is 1.31. The molecule has 0 aromatic carbocycles. The lowest BCUT2D eigenvalue weighted by molar-refractivity contribution is 0.360. The normalized spacial score (nSPS) is 21.9. The van der Waals surface area contributed by atoms with Gasteiger partial charge in [-0.25, -0.2) is 0 Å². The van der Waals surface area contributed by atoms with Crippen molar-refractivity contribution >= 4 is 0 Å². The van der Waals surface area contributed by atoms with Gasteiger partial charge in [0, 0.05) is 6.42 Å². The second-order valence-electron chi connectivity index (χ2n) is 3.26. The van der Waals surface area contributed by atoms with Gasteiger partial charge in [0.1, 0.15) is 0 Å². The predicted octanol–water partition coefficient (Wildman–Crippen LogP) is 1.89. The van der Waals surface area contributed by atoms with Gasteiger partial charge in [0.2, 0.25) is 0 Å². The molecule has 1 nitrogen and oxygen atoms in total. The van der Waals surface area contributed by atoms with Crippen LogP contribution in [0.2, 0.25) is 0 Å². The van der Waals surface area contributed by atoms with Crippen molar-refractivity contribution in [2.45, 2.75) is 32.1 Å². The van der Waals surface area contributed by atoms with Gasteiger partial charge in [-0.3, -0.25) is 4.90 Å². The molecule has 0 aliphatic carbocycles. The third kappa shape index (κ3) is 4.06. The van der Waals surface area contributed by atoms with E-state index in [0.29, 0.717) is 0 Å². The van der Waals surface area contributed by atoms with Crippen molar-refractivity contribution in [2.75, 3.05) is 20.1 Å². The summed E-state index contributed by atoms with van der Waals surface area (Å²) in [5.41, 5.74) is 0. The summed E-state index contributed by atoms with van der Waals surface area (Å²) in [6.45, 7) is 2.18. The maximum absolute atomic E-state index is 3.19. The molecule has 62 valence electrons. The van der Waals surface area contributed by atoms with Gasteiger partial charge in [0.15, 0.2) is 0 Å². The molecule has 0 radical (unpaired) electrons. The molecule has 0 aromatic heterocycles. The molecule has 0 fully saturated rings. The number of nitrogens with zero attached hydrogens (tertiary/aromatic N) is 1. The van der Waals surface area contributed by atoms with Crippen LogP contribution in [0.3, 0.4) is 0 Å². The van der Waals surface area contributed by atoms with Crippen molar-refractivity contribution < 1.29 is 0 Å². The summed E-state index contributed by atoms with van der Waals surface area (Å²) >= 11 is 0. The highest BCUT2D eigenvalue weighted by Crippen LogP contribution is 2.04. The standard InChI is InChI=1S/C10H17N/c1-11-9-7-5-3-2-4-6-8-10-11/h2-5,7,9-10H2,1H3. The lowest BCUT2D eigenvalue weighted by Crippen LogP contribution is -2.20. The first-order valence-electron chi connectivity index (χ1n) is 4.54. The molecule has 1 heteroatoms. The lowest BCUT2D eigenvalue weighted by atomic mass is 10.1. The Balaban J connectivity index is 2.29. The van der Waals surface area contributed by atoms with Crippen LogP contribution in [-0.2, 0) is 0 Å². The molecule has 11 heavy (non-hydrogen) atoms. The van der Waals surface area contributed by atoms with E-state index in [0.717, 1.165) is 13.0 Å². The minimum absolute atomic E-state index is 0.958. The van der Waals surface area contributed by atoms with E-state index >= 15 is 0 Å². The summed E-state index contributed by atoms with van der Waals surface area (Å²) in [6.07, 6.45) is 6.50. The monoisotopic (exact) mass is 151 g/mol. The van der Waals surface area contributed by atoms with Crippen LogP contribution in [0.5, 0.6) is 0 Å². The first kappa shape index (κ1) is 8.62. The summed E-state index contributed by atoms with van der Waals surface area (Å²) in [5.74, 6) is 6.37. The molecule has 1 rings (SSSR count). The molecule has 0 saturated heterocycles. The van der Waals surface area contributed by atoms with Crippen LogP contribution >= 0.6 is 0 Å². The van der Waals surface area contributed by atoms with Crippen molar-refractivity contribution in [2.24, 2.45) is 0 Å². The Morgan fingerprint density at radius 3 is 2.73 bits per heavy atom. The molecule has 0 amide bonds. The molecule has 0 aromatic rings. The number of hydrogen-bond acceptors (Lipinski definition) is 1. The van der Waals surface area contributed by atoms with Crippen molar-refractivity contribution in [3.8, 4) is 11.8 Å². The fourth-order valence-electron chi connectivity index (χ4n) is 1.31. The fraction of sp³-hybridized carbons (Fsp3) is 0.800. The molecule has 0 N–H and O–H groups in total. The van der Waals surface area contributed by atoms with Gasteiger partial charge >= 0.3 is 0 Å². The van der Waals surface area contributed by atoms with Gasteiger partial charge in [-0.2, -0.15) is 0 Å². The van der Waals surface area contributed by atoms with Crippen LogP contribution in [0.15, 0.2) is 0 Å². The van der Waals surface area contributed by atoms with Crippen LogP contribution in [0.1, 0.15) is 32.1 Å². The zero-order valence-electron chi connectivity index (χ0n) is 7.40. The first-order valence-corrected chi connectivity index (χ1v) is 4.54. The Morgan fingerprint density at radius 1 is 1.00 bits per heavy atom. The van der Waals surface area contributed by atoms with E-state index in [4.69, 9.17) is 0 Å². The molecular weight excluding hydrogens is 134 g/mol. The highest BCUT2D eigenvalue weighted by molar-refractivity contribution is 5.00. The second-order valence-corrected chi connectivity index (χ2v) is 3.26. The Kier molecular flexibility index (Phi) is 4.08. The predicted molar refractivity (Wildman–Crippen MR) is 48.4 cm³/mol. The highest BCUT2D eigenvalue weighted by atomic mass is 15.1. The van der Waals surface area contributed by atoms with E-state index in [1.807, 2.05) is 0 Å². The van der Waals surface area contributed by atoms with E-state index in [9.17, 15) is 0 Å². The quantitative estimate of drug-likeness (QED) is 0.478. The second kappa shape index (κ2) is 5.21. The van der Waals surface area contributed by atoms with Crippen LogP contribution in [-0.4, -0.2) is 25.0 Å². The lowest BCUT2D eigenvalue weighted by Gasteiger charge is -2.13. The average Bonchev–Trinajstić information content (AvgIpc) is 2.03. The van der Waals surface area contributed by atoms with E-state index in [1.165, 1.54) is 32.2 Å². The zero-order valence-corrected chi connectivity index (χ0v) is 7.40. The van der Waals surface area contributed by atoms with Crippen LogP contribution in [0.4, 0.5) is 0 Å². The number of rotatable bonds is 0. The molecule has 0 unspecified atom stereocenters. The zero-order chi connectivity index (χ0) is 7.94. The summed E-state index contributed by atoms with van der Waals surface area (Å²) in [7, 11) is 2.15. The maximum atomic E-state index is 3.19. The minimum atomic E-state index is 0.958. The van der Waals surface area contributed by atoms with Crippen molar-refractivity contribution in [1.82, 2.24) is 4.90 Å². The SMILES string of the molecule is CN1CC#CCCCCCC1. The van der Waals surface area contributed by atoms with E-state index < -0.39 is 0 Å². The molecule has 0 bridgehead atoms. The topological polar surface area (TPSA) is 3.24 Å². The third-order valence-corrected chi connectivity index (χ3v) is 2.07. The number of hydrogen-bond donors (Lipinski definition) is 0. The highest BCUT2D eigenvalue weighted by Gasteiger charge is 1.96. The van der Waals surface area contributed by atoms with Gasteiger partial charge in [-0.15, -0.1) is 5.92 Å². The van der Waals surface area contributed by atoms with E-state index in [-0.39, 0.29) is 0 Å². The summed E-state index contributed by atoms with van der Waals surface area (Å²) in [5, 5.41) is 0. The Labute approximate surface area is 69.8 Å². The summed E-state index contributed by atoms with van der Waals surface area (Å²) in [4.78, 5) is 2.30. The van der Waals surface area contributed by atoms with E-state index in [1.54, 1.807) is 0 Å². The van der Waals surface area contributed by atoms with Gasteiger partial charge in [-0.05, 0) is 26.4 Å². The largest absolute Gasteiger partial charge is 0.295 e. The molecule has 0 atom stereocenters. The first-order chi connectivity index (χ1) is 5.39. The summed E-state index contributed by atoms with van der Waals surface area (Å²) in [6, 6.07) is 0. The van der Waals surface area contributed by atoms with Crippen molar-refractivity contribution in [3.05, 3.63) is 0 Å². The summed E-state index contributed by atoms with van der Waals surface area (Å²) < 4.78 is 0. The van der Waals surface area contributed by atoms with Gasteiger partial charge in [-0.1, -0.05) is 18.8 Å². The van der Waals surface area contributed by atoms with Gasteiger partial charge < -0.3 is 0 Å². The Morgan fingerprint density at radius 2 is 1.82 bits per heavy atom. The van der Waals surface area contributed by atoms with Crippen LogP contribution < -0.4 is 0 Å². The average molecular weight is 151 g/mol. The third-order valence-electron chi connectivity index (χ3n) is 2.07. The molecular formula is C10H17N. The smallest absolute Gasteiger partial charge is 0.0599 e. The molecule has 0 spiro atoms. The van der Waals surface area contributed by atoms with Crippen LogP contribution in [0.25, 0.3) is 0 Å². The minimum Gasteiger partial charge on any atom is -0.295 e. The maximum Gasteiger partial charge on any atom is 0.0599 e. The Hall–Kier alpha value is -0.480. The van der Waals surface area contributed by atoms with E-state index in [2.05, 4.69) is 23.8 Å². The Bertz CT molecular complexity index is 152. The molecule has 1 aliphatic rings. The molecule has 0 saturated carbocycles. The van der Waals surface area contributed by atoms with Gasteiger partial charge in [0.05, 0.1) is 6.54 Å². The van der Waals surface area contributed by atoms with Crippen molar-refractivity contribution in [1.29, 1.82) is 0 Å².